The summed E-state index contributed by atoms with van der Waals surface area (Å²) in [7, 11) is 0. The normalized spacial score (nSPS) is 10.3. The van der Waals surface area contributed by atoms with Gasteiger partial charge in [-0.25, -0.2) is 0 Å². The lowest BCUT2D eigenvalue weighted by molar-refractivity contribution is 0.102. The molecule has 4 nitrogen and oxygen atoms in total. The van der Waals surface area contributed by atoms with Crippen LogP contribution in [0.4, 0.5) is 5.13 Å². The molecule has 1 aromatic carbocycles. The fourth-order valence-electron chi connectivity index (χ4n) is 1.58. The number of hydrogen-bond donors (Lipinski definition) is 1. The van der Waals surface area contributed by atoms with E-state index in [9.17, 15) is 4.79 Å². The van der Waals surface area contributed by atoms with Crippen LogP contribution in [0.15, 0.2) is 18.2 Å². The molecule has 0 bridgehead atoms. The highest BCUT2D eigenvalue weighted by atomic mass is 32.1. The minimum absolute atomic E-state index is 0.140. The second kappa shape index (κ2) is 4.63. The topological polar surface area (TPSA) is 54.9 Å². The zero-order valence-corrected chi connectivity index (χ0v) is 10.8. The summed E-state index contributed by atoms with van der Waals surface area (Å²) >= 11 is 1.37. The smallest absolute Gasteiger partial charge is 0.257 e. The summed E-state index contributed by atoms with van der Waals surface area (Å²) in [6, 6.07) is 5.74. The maximum Gasteiger partial charge on any atom is 0.257 e. The Balaban J connectivity index is 2.20. The molecule has 2 aromatic rings. The third kappa shape index (κ3) is 2.68. The second-order valence-corrected chi connectivity index (χ2v) is 5.08. The minimum atomic E-state index is -0.140. The fraction of sp³-hybridized carbons (Fsp3) is 0.250. The van der Waals surface area contributed by atoms with Gasteiger partial charge in [-0.05, 0) is 32.4 Å². The molecule has 0 unspecified atom stereocenters. The molecule has 1 aromatic heterocycles. The van der Waals surface area contributed by atoms with Gasteiger partial charge in [0.2, 0.25) is 5.13 Å². The van der Waals surface area contributed by atoms with Gasteiger partial charge in [0, 0.05) is 5.56 Å². The Morgan fingerprint density at radius 3 is 2.59 bits per heavy atom. The van der Waals surface area contributed by atoms with E-state index in [1.165, 1.54) is 11.3 Å². The standard InChI is InChI=1S/C12H13N3OS/c1-7-4-5-10(8(2)6-7)11(16)13-12-15-14-9(3)17-12/h4-6H,1-3H3,(H,13,15,16). The Morgan fingerprint density at radius 1 is 1.24 bits per heavy atom. The molecule has 0 aliphatic carbocycles. The summed E-state index contributed by atoms with van der Waals surface area (Å²) in [6.07, 6.45) is 0. The molecular weight excluding hydrogens is 234 g/mol. The maximum absolute atomic E-state index is 12.0. The van der Waals surface area contributed by atoms with Crippen LogP contribution in [0, 0.1) is 20.8 Å². The SMILES string of the molecule is Cc1ccc(C(=O)Nc2nnc(C)s2)c(C)c1. The number of nitrogens with zero attached hydrogens (tertiary/aromatic N) is 2. The molecule has 1 N–H and O–H groups in total. The molecule has 5 heteroatoms. The molecule has 88 valence electrons. The summed E-state index contributed by atoms with van der Waals surface area (Å²) in [5, 5.41) is 11.8. The largest absolute Gasteiger partial charge is 0.296 e. The number of benzene rings is 1. The third-order valence-corrected chi connectivity index (χ3v) is 3.13. The summed E-state index contributed by atoms with van der Waals surface area (Å²) in [4.78, 5) is 12.0. The molecule has 17 heavy (non-hydrogen) atoms. The summed E-state index contributed by atoms with van der Waals surface area (Å²) < 4.78 is 0. The molecule has 2 rings (SSSR count). The first kappa shape index (κ1) is 11.7. The van der Waals surface area contributed by atoms with Gasteiger partial charge in [0.15, 0.2) is 0 Å². The third-order valence-electron chi connectivity index (χ3n) is 2.37. The summed E-state index contributed by atoms with van der Waals surface area (Å²) in [5.41, 5.74) is 2.78. The van der Waals surface area contributed by atoms with E-state index in [4.69, 9.17) is 0 Å². The monoisotopic (exact) mass is 247 g/mol. The van der Waals surface area contributed by atoms with Gasteiger partial charge in [-0.2, -0.15) is 0 Å². The van der Waals surface area contributed by atoms with E-state index in [-0.39, 0.29) is 5.91 Å². The van der Waals surface area contributed by atoms with Crippen molar-refractivity contribution >= 4 is 22.4 Å². The maximum atomic E-state index is 12.0. The molecule has 0 saturated carbocycles. The van der Waals surface area contributed by atoms with Crippen LogP contribution in [0.2, 0.25) is 0 Å². The number of aromatic nitrogens is 2. The van der Waals surface area contributed by atoms with Crippen LogP contribution < -0.4 is 5.32 Å². The molecule has 0 aliphatic rings. The Labute approximate surface area is 104 Å². The molecule has 0 spiro atoms. The lowest BCUT2D eigenvalue weighted by Gasteiger charge is -2.05. The zero-order valence-electron chi connectivity index (χ0n) is 9.94. The van der Waals surface area contributed by atoms with Crippen LogP contribution >= 0.6 is 11.3 Å². The van der Waals surface area contributed by atoms with Crippen molar-refractivity contribution in [2.45, 2.75) is 20.8 Å². The van der Waals surface area contributed by atoms with E-state index in [1.54, 1.807) is 0 Å². The minimum Gasteiger partial charge on any atom is -0.296 e. The number of carbonyl (C=O) groups excluding carboxylic acids is 1. The number of carbonyl (C=O) groups is 1. The predicted octanol–water partition coefficient (Wildman–Crippen LogP) is 2.72. The van der Waals surface area contributed by atoms with E-state index in [2.05, 4.69) is 15.5 Å². The first-order valence-electron chi connectivity index (χ1n) is 5.25. The van der Waals surface area contributed by atoms with Crippen LogP contribution in [0.1, 0.15) is 26.5 Å². The van der Waals surface area contributed by atoms with Gasteiger partial charge in [0.1, 0.15) is 5.01 Å². The Kier molecular flexibility index (Phi) is 3.19. The zero-order chi connectivity index (χ0) is 12.4. The number of nitrogens with one attached hydrogen (secondary N) is 1. The highest BCUT2D eigenvalue weighted by molar-refractivity contribution is 7.15. The van der Waals surface area contributed by atoms with E-state index >= 15 is 0 Å². The van der Waals surface area contributed by atoms with Crippen molar-refractivity contribution in [3.8, 4) is 0 Å². The first-order valence-corrected chi connectivity index (χ1v) is 6.06. The number of rotatable bonds is 2. The van der Waals surface area contributed by atoms with Gasteiger partial charge in [-0.1, -0.05) is 29.0 Å². The Hall–Kier alpha value is -1.75. The lowest BCUT2D eigenvalue weighted by atomic mass is 10.1. The van der Waals surface area contributed by atoms with Crippen molar-refractivity contribution in [3.63, 3.8) is 0 Å². The van der Waals surface area contributed by atoms with Crippen LogP contribution in [0.3, 0.4) is 0 Å². The van der Waals surface area contributed by atoms with Gasteiger partial charge in [0.05, 0.1) is 0 Å². The highest BCUT2D eigenvalue weighted by Crippen LogP contribution is 2.17. The van der Waals surface area contributed by atoms with Gasteiger partial charge in [-0.15, -0.1) is 10.2 Å². The van der Waals surface area contributed by atoms with Crippen molar-refractivity contribution in [1.82, 2.24) is 10.2 Å². The molecule has 1 amide bonds. The van der Waals surface area contributed by atoms with Gasteiger partial charge in [-0.3, -0.25) is 10.1 Å². The van der Waals surface area contributed by atoms with E-state index in [1.807, 2.05) is 39.0 Å². The van der Waals surface area contributed by atoms with Gasteiger partial charge >= 0.3 is 0 Å². The van der Waals surface area contributed by atoms with Gasteiger partial charge < -0.3 is 0 Å². The lowest BCUT2D eigenvalue weighted by Crippen LogP contribution is -2.13. The number of amides is 1. The molecular formula is C12H13N3OS. The van der Waals surface area contributed by atoms with Crippen LogP contribution in [0.5, 0.6) is 0 Å². The quantitative estimate of drug-likeness (QED) is 0.887. The fourth-order valence-corrected chi connectivity index (χ4v) is 2.17. The predicted molar refractivity (Wildman–Crippen MR) is 68.5 cm³/mol. The summed E-state index contributed by atoms with van der Waals surface area (Å²) in [6.45, 7) is 5.78. The van der Waals surface area contributed by atoms with Crippen molar-refractivity contribution < 1.29 is 4.79 Å². The van der Waals surface area contributed by atoms with E-state index in [0.717, 1.165) is 16.1 Å². The Morgan fingerprint density at radius 2 is 2.00 bits per heavy atom. The molecule has 0 saturated heterocycles. The molecule has 0 aliphatic heterocycles. The van der Waals surface area contributed by atoms with Crippen molar-refractivity contribution in [3.05, 3.63) is 39.9 Å². The number of hydrogen-bond acceptors (Lipinski definition) is 4. The van der Waals surface area contributed by atoms with Crippen LogP contribution in [0.25, 0.3) is 0 Å². The van der Waals surface area contributed by atoms with E-state index in [0.29, 0.717) is 10.7 Å². The van der Waals surface area contributed by atoms with Crippen molar-refractivity contribution in [2.24, 2.45) is 0 Å². The number of aryl methyl sites for hydroxylation is 3. The van der Waals surface area contributed by atoms with Gasteiger partial charge in [0.25, 0.3) is 5.91 Å². The second-order valence-electron chi connectivity index (χ2n) is 3.90. The molecule has 0 atom stereocenters. The van der Waals surface area contributed by atoms with Crippen LogP contribution in [-0.4, -0.2) is 16.1 Å². The van der Waals surface area contributed by atoms with E-state index < -0.39 is 0 Å². The Bertz CT molecular complexity index is 563. The average Bonchev–Trinajstić information content (AvgIpc) is 2.63. The number of anilines is 1. The molecule has 1 heterocycles. The average molecular weight is 247 g/mol. The van der Waals surface area contributed by atoms with Crippen molar-refractivity contribution in [2.75, 3.05) is 5.32 Å². The molecule has 0 fully saturated rings. The van der Waals surface area contributed by atoms with Crippen LogP contribution in [-0.2, 0) is 0 Å². The highest BCUT2D eigenvalue weighted by Gasteiger charge is 2.11. The molecule has 0 radical (unpaired) electrons. The first-order chi connectivity index (χ1) is 8.06. The van der Waals surface area contributed by atoms with Crippen molar-refractivity contribution in [1.29, 1.82) is 0 Å². The summed E-state index contributed by atoms with van der Waals surface area (Å²) in [5.74, 6) is -0.140.